The molecule has 1 aliphatic rings. The van der Waals surface area contributed by atoms with Crippen LogP contribution in [0.2, 0.25) is 0 Å². The molecule has 1 saturated heterocycles. The summed E-state index contributed by atoms with van der Waals surface area (Å²) in [6.07, 6.45) is 5.20. The van der Waals surface area contributed by atoms with Gasteiger partial charge in [0.25, 0.3) is 5.91 Å². The maximum atomic E-state index is 11.8. The zero-order chi connectivity index (χ0) is 15.1. The van der Waals surface area contributed by atoms with E-state index in [1.54, 1.807) is 13.3 Å². The second-order valence-corrected chi connectivity index (χ2v) is 5.93. The number of carbonyl (C=O) groups excluding carboxylic acids is 1. The van der Waals surface area contributed by atoms with E-state index in [0.717, 1.165) is 23.1 Å². The van der Waals surface area contributed by atoms with Crippen molar-refractivity contribution in [2.75, 3.05) is 26.7 Å². The largest absolute Gasteiger partial charge is 0.496 e. The first-order valence-corrected chi connectivity index (χ1v) is 7.86. The zero-order valence-corrected chi connectivity index (χ0v) is 13.7. The first-order valence-electron chi connectivity index (χ1n) is 7.07. The van der Waals surface area contributed by atoms with Crippen molar-refractivity contribution in [2.24, 2.45) is 5.10 Å². The van der Waals surface area contributed by atoms with Crippen molar-refractivity contribution in [3.8, 4) is 5.75 Å². The van der Waals surface area contributed by atoms with Crippen LogP contribution in [-0.4, -0.2) is 43.8 Å². The standard InChI is InChI=1S/C15H20BrN3O2/c1-21-14-6-5-13(16)9-12(14)10-17-18-15(20)11-19-7-3-2-4-8-19/h5-6,9-10H,2-4,7-8,11H2,1H3,(H,18,20)/b17-10+. The molecule has 1 aromatic carbocycles. The third-order valence-corrected chi connectivity index (χ3v) is 3.89. The van der Waals surface area contributed by atoms with Crippen LogP contribution in [0.25, 0.3) is 0 Å². The van der Waals surface area contributed by atoms with Gasteiger partial charge in [0.05, 0.1) is 19.9 Å². The summed E-state index contributed by atoms with van der Waals surface area (Å²) in [4.78, 5) is 14.0. The summed E-state index contributed by atoms with van der Waals surface area (Å²) in [6, 6.07) is 5.63. The van der Waals surface area contributed by atoms with Gasteiger partial charge in [-0.3, -0.25) is 9.69 Å². The molecule has 21 heavy (non-hydrogen) atoms. The van der Waals surface area contributed by atoms with E-state index in [4.69, 9.17) is 4.74 Å². The third-order valence-electron chi connectivity index (χ3n) is 3.40. The molecule has 1 aromatic rings. The summed E-state index contributed by atoms with van der Waals surface area (Å²) in [5.41, 5.74) is 3.38. The number of halogens is 1. The van der Waals surface area contributed by atoms with Crippen LogP contribution in [0.15, 0.2) is 27.8 Å². The smallest absolute Gasteiger partial charge is 0.254 e. The molecule has 1 amide bonds. The minimum absolute atomic E-state index is 0.0814. The number of hydrazone groups is 1. The average molecular weight is 354 g/mol. The average Bonchev–Trinajstić information content (AvgIpc) is 2.48. The molecule has 1 fully saturated rings. The quantitative estimate of drug-likeness (QED) is 0.653. The summed E-state index contributed by atoms with van der Waals surface area (Å²) in [5.74, 6) is 0.634. The summed E-state index contributed by atoms with van der Waals surface area (Å²) >= 11 is 3.40. The number of methoxy groups -OCH3 is 1. The first kappa shape index (κ1) is 16.0. The highest BCUT2D eigenvalue weighted by Crippen LogP contribution is 2.21. The van der Waals surface area contributed by atoms with Gasteiger partial charge in [-0.05, 0) is 44.1 Å². The second kappa shape index (κ2) is 8.14. The minimum atomic E-state index is -0.0814. The van der Waals surface area contributed by atoms with Crippen molar-refractivity contribution in [3.63, 3.8) is 0 Å². The minimum Gasteiger partial charge on any atom is -0.496 e. The van der Waals surface area contributed by atoms with Crippen LogP contribution in [0.5, 0.6) is 5.75 Å². The lowest BCUT2D eigenvalue weighted by atomic mass is 10.1. The highest BCUT2D eigenvalue weighted by Gasteiger charge is 2.13. The second-order valence-electron chi connectivity index (χ2n) is 5.02. The number of nitrogens with one attached hydrogen (secondary N) is 1. The third kappa shape index (κ3) is 5.13. The number of ether oxygens (including phenoxy) is 1. The van der Waals surface area contributed by atoms with Crippen LogP contribution in [-0.2, 0) is 4.79 Å². The molecule has 0 bridgehead atoms. The molecular formula is C15H20BrN3O2. The van der Waals surface area contributed by atoms with Gasteiger partial charge in [-0.2, -0.15) is 5.10 Å². The number of nitrogens with zero attached hydrogens (tertiary/aromatic N) is 2. The van der Waals surface area contributed by atoms with Gasteiger partial charge in [0.15, 0.2) is 0 Å². The Bertz CT molecular complexity index is 514. The fraction of sp³-hybridized carbons (Fsp3) is 0.467. The molecule has 6 heteroatoms. The number of piperidine rings is 1. The molecule has 0 aromatic heterocycles. The van der Waals surface area contributed by atoms with E-state index in [9.17, 15) is 4.79 Å². The van der Waals surface area contributed by atoms with Crippen molar-refractivity contribution < 1.29 is 9.53 Å². The molecule has 1 heterocycles. The highest BCUT2D eigenvalue weighted by molar-refractivity contribution is 9.10. The monoisotopic (exact) mass is 353 g/mol. The predicted molar refractivity (Wildman–Crippen MR) is 86.7 cm³/mol. The Morgan fingerprint density at radius 3 is 2.90 bits per heavy atom. The Morgan fingerprint density at radius 2 is 2.19 bits per heavy atom. The molecule has 114 valence electrons. The zero-order valence-electron chi connectivity index (χ0n) is 12.1. The first-order chi connectivity index (χ1) is 10.2. The summed E-state index contributed by atoms with van der Waals surface area (Å²) < 4.78 is 6.18. The van der Waals surface area contributed by atoms with Crippen LogP contribution in [0.3, 0.4) is 0 Å². The normalized spacial score (nSPS) is 16.1. The number of likely N-dealkylation sites (tertiary alicyclic amines) is 1. The Kier molecular flexibility index (Phi) is 6.20. The van der Waals surface area contributed by atoms with E-state index in [1.807, 2.05) is 18.2 Å². The number of rotatable bonds is 5. The molecule has 0 aliphatic carbocycles. The van der Waals surface area contributed by atoms with Crippen LogP contribution < -0.4 is 10.2 Å². The number of amides is 1. The predicted octanol–water partition coefficient (Wildman–Crippen LogP) is 2.39. The molecule has 5 nitrogen and oxygen atoms in total. The maximum absolute atomic E-state index is 11.8. The van der Waals surface area contributed by atoms with Crippen molar-refractivity contribution in [3.05, 3.63) is 28.2 Å². The van der Waals surface area contributed by atoms with Crippen molar-refractivity contribution >= 4 is 28.1 Å². The number of hydrogen-bond donors (Lipinski definition) is 1. The lowest BCUT2D eigenvalue weighted by Crippen LogP contribution is -2.38. The Balaban J connectivity index is 1.86. The molecular weight excluding hydrogens is 334 g/mol. The van der Waals surface area contributed by atoms with E-state index in [-0.39, 0.29) is 5.91 Å². The van der Waals surface area contributed by atoms with Gasteiger partial charge in [0.2, 0.25) is 0 Å². The summed E-state index contributed by atoms with van der Waals surface area (Å²) in [6.45, 7) is 2.40. The molecule has 2 rings (SSSR count). The number of benzene rings is 1. The van der Waals surface area contributed by atoms with Gasteiger partial charge < -0.3 is 4.74 Å². The molecule has 0 saturated carbocycles. The molecule has 0 spiro atoms. The molecule has 1 N–H and O–H groups in total. The Morgan fingerprint density at radius 1 is 1.43 bits per heavy atom. The fourth-order valence-corrected chi connectivity index (χ4v) is 2.71. The molecule has 0 unspecified atom stereocenters. The number of carbonyl (C=O) groups is 1. The maximum Gasteiger partial charge on any atom is 0.254 e. The van der Waals surface area contributed by atoms with Crippen LogP contribution >= 0.6 is 15.9 Å². The van der Waals surface area contributed by atoms with Crippen molar-refractivity contribution in [1.82, 2.24) is 10.3 Å². The highest BCUT2D eigenvalue weighted by atomic mass is 79.9. The van der Waals surface area contributed by atoms with Crippen molar-refractivity contribution in [2.45, 2.75) is 19.3 Å². The molecule has 0 radical (unpaired) electrons. The van der Waals surface area contributed by atoms with E-state index < -0.39 is 0 Å². The molecule has 0 atom stereocenters. The lowest BCUT2D eigenvalue weighted by molar-refractivity contribution is -0.122. The SMILES string of the molecule is COc1ccc(Br)cc1/C=N/NC(=O)CN1CCCCC1. The summed E-state index contributed by atoms with van der Waals surface area (Å²) in [7, 11) is 1.61. The van der Waals surface area contributed by atoms with Gasteiger partial charge in [-0.25, -0.2) is 5.43 Å². The van der Waals surface area contributed by atoms with Gasteiger partial charge in [-0.15, -0.1) is 0 Å². The van der Waals surface area contributed by atoms with E-state index in [0.29, 0.717) is 12.3 Å². The van der Waals surface area contributed by atoms with Crippen LogP contribution in [0.1, 0.15) is 24.8 Å². The van der Waals surface area contributed by atoms with Crippen LogP contribution in [0, 0.1) is 0 Å². The van der Waals surface area contributed by atoms with E-state index in [2.05, 4.69) is 31.4 Å². The Hall–Kier alpha value is -1.40. The number of hydrogen-bond acceptors (Lipinski definition) is 4. The van der Waals surface area contributed by atoms with Crippen LogP contribution in [0.4, 0.5) is 0 Å². The van der Waals surface area contributed by atoms with Gasteiger partial charge in [0, 0.05) is 10.0 Å². The fourth-order valence-electron chi connectivity index (χ4n) is 2.34. The Labute approximate surface area is 133 Å². The topological polar surface area (TPSA) is 53.9 Å². The molecule has 1 aliphatic heterocycles. The lowest BCUT2D eigenvalue weighted by Gasteiger charge is -2.25. The van der Waals surface area contributed by atoms with Gasteiger partial charge in [0.1, 0.15) is 5.75 Å². The van der Waals surface area contributed by atoms with Crippen molar-refractivity contribution in [1.29, 1.82) is 0 Å². The van der Waals surface area contributed by atoms with E-state index in [1.165, 1.54) is 19.3 Å². The van der Waals surface area contributed by atoms with Gasteiger partial charge >= 0.3 is 0 Å². The van der Waals surface area contributed by atoms with E-state index >= 15 is 0 Å². The summed E-state index contributed by atoms with van der Waals surface area (Å²) in [5, 5.41) is 4.00. The van der Waals surface area contributed by atoms with Gasteiger partial charge in [-0.1, -0.05) is 22.4 Å².